The van der Waals surface area contributed by atoms with Gasteiger partial charge in [0.25, 0.3) is 0 Å². The van der Waals surface area contributed by atoms with Gasteiger partial charge in [-0.05, 0) is 30.4 Å². The van der Waals surface area contributed by atoms with Gasteiger partial charge in [0.2, 0.25) is 0 Å². The van der Waals surface area contributed by atoms with Crippen LogP contribution in [-0.4, -0.2) is 58.2 Å². The van der Waals surface area contributed by atoms with E-state index in [0.29, 0.717) is 5.57 Å². The number of ketones is 1. The van der Waals surface area contributed by atoms with E-state index in [2.05, 4.69) is 4.74 Å². The second-order valence-electron chi connectivity index (χ2n) is 7.57. The Morgan fingerprint density at radius 2 is 2.00 bits per heavy atom. The number of ether oxygens (including phenoxy) is 2. The molecule has 1 fully saturated rings. The highest BCUT2D eigenvalue weighted by Gasteiger charge is 2.59. The topological polar surface area (TPSA) is 110 Å². The Bertz CT molecular complexity index is 656. The maximum absolute atomic E-state index is 12.6. The van der Waals surface area contributed by atoms with Crippen LogP contribution < -0.4 is 0 Å². The first-order valence-corrected chi connectivity index (χ1v) is 8.87. The number of aliphatic hydroxyl groups is 2. The smallest absolute Gasteiger partial charge is 0.338 e. The van der Waals surface area contributed by atoms with Crippen LogP contribution >= 0.6 is 11.6 Å². The largest absolute Gasteiger partial charge is 0.467 e. The van der Waals surface area contributed by atoms with Crippen LogP contribution in [0.3, 0.4) is 0 Å². The Morgan fingerprint density at radius 1 is 1.42 bits per heavy atom. The number of fused-ring (bicyclic) bond motifs is 1. The highest BCUT2D eigenvalue weighted by Crippen LogP contribution is 2.55. The van der Waals surface area contributed by atoms with Gasteiger partial charge in [-0.3, -0.25) is 9.59 Å². The van der Waals surface area contributed by atoms with E-state index < -0.39 is 58.2 Å². The van der Waals surface area contributed by atoms with Crippen molar-refractivity contribution in [3.05, 3.63) is 11.6 Å². The predicted molar refractivity (Wildman–Crippen MR) is 92.3 cm³/mol. The highest BCUT2D eigenvalue weighted by molar-refractivity contribution is 6.23. The zero-order chi connectivity index (χ0) is 20.0. The lowest BCUT2D eigenvalue weighted by Gasteiger charge is -2.53. The van der Waals surface area contributed by atoms with Crippen LogP contribution in [0.4, 0.5) is 0 Å². The number of hydrogen-bond donors (Lipinski definition) is 2. The molecule has 2 aliphatic carbocycles. The van der Waals surface area contributed by atoms with Gasteiger partial charge in [0.15, 0.2) is 11.4 Å². The minimum Gasteiger partial charge on any atom is -0.467 e. The number of halogens is 1. The molecule has 0 bridgehead atoms. The number of aliphatic hydroxyl groups excluding tert-OH is 1. The van der Waals surface area contributed by atoms with E-state index in [1.54, 1.807) is 6.92 Å². The molecule has 0 aromatic heterocycles. The predicted octanol–water partition coefficient (Wildman–Crippen LogP) is 0.982. The molecule has 0 amide bonds. The molecule has 0 aromatic carbocycles. The van der Waals surface area contributed by atoms with Crippen molar-refractivity contribution < 1.29 is 34.1 Å². The Kier molecular flexibility index (Phi) is 5.57. The maximum atomic E-state index is 12.6. The zero-order valence-corrected chi connectivity index (χ0v) is 16.2. The third-order valence-electron chi connectivity index (χ3n) is 5.94. The summed E-state index contributed by atoms with van der Waals surface area (Å²) in [6.45, 7) is 6.10. The van der Waals surface area contributed by atoms with Gasteiger partial charge in [-0.2, -0.15) is 0 Å². The van der Waals surface area contributed by atoms with E-state index in [-0.39, 0.29) is 6.42 Å². The molecule has 7 nitrogen and oxygen atoms in total. The first kappa shape index (κ1) is 20.9. The quantitative estimate of drug-likeness (QED) is 0.547. The van der Waals surface area contributed by atoms with Gasteiger partial charge < -0.3 is 19.7 Å². The van der Waals surface area contributed by atoms with Crippen molar-refractivity contribution in [2.45, 2.75) is 57.3 Å². The molecule has 0 radical (unpaired) electrons. The number of carbonyl (C=O) groups excluding carboxylic acids is 3. The van der Waals surface area contributed by atoms with Gasteiger partial charge >= 0.3 is 11.9 Å². The Balaban J connectivity index is 2.49. The van der Waals surface area contributed by atoms with Crippen LogP contribution in [0.25, 0.3) is 0 Å². The Morgan fingerprint density at radius 3 is 2.50 bits per heavy atom. The molecule has 146 valence electrons. The lowest BCUT2D eigenvalue weighted by atomic mass is 9.55. The summed E-state index contributed by atoms with van der Waals surface area (Å²) in [5.41, 5.74) is -2.25. The van der Waals surface area contributed by atoms with E-state index >= 15 is 0 Å². The summed E-state index contributed by atoms with van der Waals surface area (Å²) in [4.78, 5) is 36.0. The van der Waals surface area contributed by atoms with E-state index in [0.717, 1.165) is 7.11 Å². The lowest BCUT2D eigenvalue weighted by molar-refractivity contribution is -0.174. The number of carbonyl (C=O) groups is 3. The summed E-state index contributed by atoms with van der Waals surface area (Å²) in [5, 5.41) is 20.1. The summed E-state index contributed by atoms with van der Waals surface area (Å²) in [6, 6.07) is 0. The third kappa shape index (κ3) is 3.17. The molecule has 2 aliphatic rings. The molecule has 26 heavy (non-hydrogen) atoms. The molecule has 7 atom stereocenters. The van der Waals surface area contributed by atoms with Gasteiger partial charge in [-0.1, -0.05) is 13.8 Å². The van der Waals surface area contributed by atoms with Crippen molar-refractivity contribution in [1.82, 2.24) is 0 Å². The summed E-state index contributed by atoms with van der Waals surface area (Å²) in [5.74, 6) is -3.34. The number of esters is 2. The van der Waals surface area contributed by atoms with Crippen molar-refractivity contribution in [1.29, 1.82) is 0 Å². The van der Waals surface area contributed by atoms with Gasteiger partial charge in [0.05, 0.1) is 18.4 Å². The van der Waals surface area contributed by atoms with Gasteiger partial charge in [-0.15, -0.1) is 11.6 Å². The average molecular weight is 389 g/mol. The van der Waals surface area contributed by atoms with Crippen LogP contribution in [0.1, 0.15) is 34.1 Å². The summed E-state index contributed by atoms with van der Waals surface area (Å²) < 4.78 is 9.90. The van der Waals surface area contributed by atoms with Crippen molar-refractivity contribution in [2.24, 2.45) is 17.3 Å². The Labute approximate surface area is 157 Å². The van der Waals surface area contributed by atoms with Crippen molar-refractivity contribution >= 4 is 29.3 Å². The molecule has 0 heterocycles. The monoisotopic (exact) mass is 388 g/mol. The second-order valence-corrected chi connectivity index (χ2v) is 8.04. The van der Waals surface area contributed by atoms with Crippen molar-refractivity contribution in [3.63, 3.8) is 0 Å². The molecule has 2 rings (SSSR count). The van der Waals surface area contributed by atoms with Crippen LogP contribution in [0.5, 0.6) is 0 Å². The van der Waals surface area contributed by atoms with Crippen LogP contribution in [0, 0.1) is 17.3 Å². The SMILES string of the molecule is COC(=O)C(C)(O)[C@H]1C[C@@]2(C)C(=CC1=O)[C@@H](Cl)[C@H](O)[C@H](OC(C)=O)[C@@H]2C. The average Bonchev–Trinajstić information content (AvgIpc) is 2.57. The third-order valence-corrected chi connectivity index (χ3v) is 6.43. The molecule has 2 N–H and O–H groups in total. The fourth-order valence-corrected chi connectivity index (χ4v) is 4.56. The van der Waals surface area contributed by atoms with E-state index in [9.17, 15) is 24.6 Å². The summed E-state index contributed by atoms with van der Waals surface area (Å²) in [7, 11) is 1.14. The molecule has 0 aromatic rings. The maximum Gasteiger partial charge on any atom is 0.338 e. The summed E-state index contributed by atoms with van der Waals surface area (Å²) in [6.07, 6.45) is -0.629. The van der Waals surface area contributed by atoms with E-state index in [1.165, 1.54) is 19.9 Å². The fourth-order valence-electron chi connectivity index (χ4n) is 4.10. The molecular formula is C18H25ClO7. The number of allylic oxidation sites excluding steroid dienone is 1. The first-order chi connectivity index (χ1) is 11.9. The van der Waals surface area contributed by atoms with Gasteiger partial charge in [0.1, 0.15) is 12.2 Å². The second kappa shape index (κ2) is 6.94. The normalized spacial score (nSPS) is 39.3. The number of methoxy groups -OCH3 is 1. The van der Waals surface area contributed by atoms with E-state index in [4.69, 9.17) is 16.3 Å². The molecule has 0 spiro atoms. The lowest BCUT2D eigenvalue weighted by Crippen LogP contribution is -2.59. The van der Waals surface area contributed by atoms with Gasteiger partial charge in [0, 0.05) is 12.8 Å². The molecular weight excluding hydrogens is 364 g/mol. The number of rotatable bonds is 3. The molecule has 0 saturated heterocycles. The van der Waals surface area contributed by atoms with E-state index in [1.807, 2.05) is 6.92 Å². The first-order valence-electron chi connectivity index (χ1n) is 8.44. The van der Waals surface area contributed by atoms with Crippen molar-refractivity contribution in [3.8, 4) is 0 Å². The minimum absolute atomic E-state index is 0.106. The fraction of sp³-hybridized carbons (Fsp3) is 0.722. The molecule has 1 unspecified atom stereocenters. The summed E-state index contributed by atoms with van der Waals surface area (Å²) >= 11 is 6.37. The number of hydrogen-bond acceptors (Lipinski definition) is 7. The number of alkyl halides is 1. The molecule has 0 aliphatic heterocycles. The van der Waals surface area contributed by atoms with Crippen molar-refractivity contribution in [2.75, 3.05) is 7.11 Å². The molecule has 8 heteroatoms. The molecule has 1 saturated carbocycles. The Hall–Kier alpha value is -1.44. The zero-order valence-electron chi connectivity index (χ0n) is 15.5. The highest BCUT2D eigenvalue weighted by atomic mass is 35.5. The van der Waals surface area contributed by atoms with Crippen LogP contribution in [-0.2, 0) is 23.9 Å². The van der Waals surface area contributed by atoms with Crippen LogP contribution in [0.15, 0.2) is 11.6 Å². The standard InChI is InChI=1S/C18H25ClO7/c1-8-15(26-9(2)20)14(22)13(19)10-6-12(21)11(7-17(8,10)3)18(4,24)16(23)25-5/h6,8,11,13-15,22,24H,7H2,1-5H3/t8-,11-,13+,14-,15+,17+,18?/m0/s1. The van der Waals surface area contributed by atoms with Gasteiger partial charge in [-0.25, -0.2) is 4.79 Å². The van der Waals surface area contributed by atoms with Crippen LogP contribution in [0.2, 0.25) is 0 Å². The minimum atomic E-state index is -2.01.